The molecule has 0 radical (unpaired) electrons. The summed E-state index contributed by atoms with van der Waals surface area (Å²) in [6.45, 7) is 3.72. The zero-order valence-corrected chi connectivity index (χ0v) is 11.5. The van der Waals surface area contributed by atoms with Crippen LogP contribution < -0.4 is 0 Å². The molecule has 3 N–H and O–H groups in total. The van der Waals surface area contributed by atoms with Crippen LogP contribution in [0.5, 0.6) is 0 Å². The van der Waals surface area contributed by atoms with E-state index < -0.39 is 8.60 Å². The van der Waals surface area contributed by atoms with Gasteiger partial charge in [-0.05, 0) is 0 Å². The van der Waals surface area contributed by atoms with Gasteiger partial charge >= 0.3 is 8.60 Å². The van der Waals surface area contributed by atoms with Crippen LogP contribution >= 0.6 is 8.60 Å². The van der Waals surface area contributed by atoms with Crippen molar-refractivity contribution < 1.29 is 42.0 Å². The number of hydrogen-bond donors (Lipinski definition) is 3. The summed E-state index contributed by atoms with van der Waals surface area (Å²) in [5.74, 6) is 0. The molecule has 1 aromatic carbocycles. The Hall–Kier alpha value is 0.322. The normalized spacial score (nSPS) is 8.00. The van der Waals surface area contributed by atoms with Crippen molar-refractivity contribution in [1.29, 1.82) is 0 Å². The average Bonchev–Trinajstić information content (AvgIpc) is 1.87. The van der Waals surface area contributed by atoms with Gasteiger partial charge in [-0.25, -0.2) is 0 Å². The van der Waals surface area contributed by atoms with Crippen LogP contribution in [0.15, 0.2) is 30.3 Å². The van der Waals surface area contributed by atoms with Crippen LogP contribution in [0.3, 0.4) is 0 Å². The van der Waals surface area contributed by atoms with Crippen LogP contribution in [0, 0.1) is 6.92 Å². The Morgan fingerprint density at radius 3 is 1.50 bits per heavy atom. The van der Waals surface area contributed by atoms with Gasteiger partial charge in [0.2, 0.25) is 0 Å². The van der Waals surface area contributed by atoms with Crippen molar-refractivity contribution in [3.05, 3.63) is 42.8 Å². The van der Waals surface area contributed by atoms with E-state index in [1.807, 2.05) is 30.3 Å². The van der Waals surface area contributed by atoms with Crippen LogP contribution in [-0.2, 0) is 27.3 Å². The first kappa shape index (κ1) is 14.8. The fourth-order valence-electron chi connectivity index (χ4n) is 0.478. The van der Waals surface area contributed by atoms with Crippen molar-refractivity contribution >= 4 is 8.60 Å². The van der Waals surface area contributed by atoms with E-state index in [9.17, 15) is 0 Å². The third-order valence-corrected chi connectivity index (χ3v) is 0.843. The molecule has 0 aliphatic carbocycles. The molecular weight excluding hydrogens is 275 g/mol. The molecule has 12 heavy (non-hydrogen) atoms. The smallest absolute Gasteiger partial charge is 0.324 e. The summed E-state index contributed by atoms with van der Waals surface area (Å²) >= 11 is 0. The Morgan fingerprint density at radius 1 is 1.00 bits per heavy atom. The first-order valence-corrected chi connectivity index (χ1v) is 4.06. The van der Waals surface area contributed by atoms with Crippen LogP contribution in [-0.4, -0.2) is 14.7 Å². The largest absolute Gasteiger partial charge is 0.328 e. The molecule has 0 bridgehead atoms. The molecule has 64 valence electrons. The molecule has 1 rings (SSSR count). The summed E-state index contributed by atoms with van der Waals surface area (Å²) in [6, 6.07) is 9.87. The molecule has 0 aromatic heterocycles. The van der Waals surface area contributed by atoms with Gasteiger partial charge in [-0.1, -0.05) is 6.07 Å². The van der Waals surface area contributed by atoms with E-state index in [1.54, 1.807) is 0 Å². The topological polar surface area (TPSA) is 60.7 Å². The van der Waals surface area contributed by atoms with E-state index >= 15 is 0 Å². The molecule has 1 aromatic rings. The molecule has 0 aliphatic rings. The summed E-state index contributed by atoms with van der Waals surface area (Å²) in [7, 11) is -2.62. The summed E-state index contributed by atoms with van der Waals surface area (Å²) in [4.78, 5) is 21.7. The van der Waals surface area contributed by atoms with Crippen molar-refractivity contribution in [3.63, 3.8) is 0 Å². The van der Waals surface area contributed by atoms with Crippen LogP contribution in [0.2, 0.25) is 0 Å². The van der Waals surface area contributed by atoms with E-state index in [0.29, 0.717) is 0 Å². The Kier molecular flexibility index (Phi) is 11.6. The fraction of sp³-hybridized carbons (Fsp3) is 0. The third-order valence-electron chi connectivity index (χ3n) is 0.843. The Bertz CT molecular complexity index is 179. The fourth-order valence-corrected chi connectivity index (χ4v) is 0.478. The molecule has 0 heterocycles. The summed E-state index contributed by atoms with van der Waals surface area (Å²) in [6.07, 6.45) is 0. The minimum Gasteiger partial charge on any atom is -0.328 e. The molecule has 0 saturated heterocycles. The molecule has 5 heteroatoms. The van der Waals surface area contributed by atoms with Crippen molar-refractivity contribution in [3.8, 4) is 0 Å². The van der Waals surface area contributed by atoms with Gasteiger partial charge in [-0.15, -0.1) is 12.1 Å². The molecule has 3 nitrogen and oxygen atoms in total. The molecular formula is C7H10CdO3P-. The second-order valence-electron chi connectivity index (χ2n) is 1.75. The molecule has 0 amide bonds. The number of hydrogen-bond acceptors (Lipinski definition) is 3. The standard InChI is InChI=1S/C7H7.Cd.H3O3P/c1-7-5-3-2-4-6-7;;1-4(2)3/h2-6H,1H2;;1-3H/q-1;;. The maximum Gasteiger partial charge on any atom is 0.324 e. The van der Waals surface area contributed by atoms with Gasteiger partial charge in [-0.3, -0.25) is 0 Å². The van der Waals surface area contributed by atoms with Crippen molar-refractivity contribution in [2.45, 2.75) is 0 Å². The van der Waals surface area contributed by atoms with Crippen molar-refractivity contribution in [2.24, 2.45) is 0 Å². The number of benzene rings is 1. The van der Waals surface area contributed by atoms with Gasteiger partial charge in [0.15, 0.2) is 0 Å². The van der Waals surface area contributed by atoms with E-state index in [1.165, 1.54) is 0 Å². The second-order valence-corrected chi connectivity index (χ2v) is 2.29. The third kappa shape index (κ3) is 13.0. The Labute approximate surface area is 93.2 Å². The van der Waals surface area contributed by atoms with Gasteiger partial charge in [0.1, 0.15) is 0 Å². The SMILES string of the molecule is OP(O)O.[CH2-]c1ccccc1.[Cd]. The maximum absolute atomic E-state index is 7.23. The van der Waals surface area contributed by atoms with Crippen LogP contribution in [0.4, 0.5) is 0 Å². The van der Waals surface area contributed by atoms with Crippen LogP contribution in [0.25, 0.3) is 0 Å². The monoisotopic (exact) mass is 287 g/mol. The van der Waals surface area contributed by atoms with Gasteiger partial charge in [-0.2, -0.15) is 24.6 Å². The average molecular weight is 286 g/mol. The van der Waals surface area contributed by atoms with Crippen LogP contribution in [0.1, 0.15) is 5.56 Å². The van der Waals surface area contributed by atoms with E-state index in [-0.39, 0.29) is 27.3 Å². The number of rotatable bonds is 0. The van der Waals surface area contributed by atoms with E-state index in [2.05, 4.69) is 6.92 Å². The molecule has 0 fully saturated rings. The van der Waals surface area contributed by atoms with E-state index in [0.717, 1.165) is 5.56 Å². The van der Waals surface area contributed by atoms with Gasteiger partial charge in [0.05, 0.1) is 0 Å². The van der Waals surface area contributed by atoms with E-state index in [4.69, 9.17) is 14.7 Å². The summed E-state index contributed by atoms with van der Waals surface area (Å²) in [5.41, 5.74) is 1.07. The summed E-state index contributed by atoms with van der Waals surface area (Å²) in [5, 5.41) is 0. The zero-order chi connectivity index (χ0) is 8.69. The molecule has 0 spiro atoms. The van der Waals surface area contributed by atoms with Gasteiger partial charge in [0, 0.05) is 27.3 Å². The minimum absolute atomic E-state index is 0. The Balaban J connectivity index is 0. The van der Waals surface area contributed by atoms with Crippen molar-refractivity contribution in [2.75, 3.05) is 0 Å². The molecule has 0 aliphatic heterocycles. The first-order valence-electron chi connectivity index (χ1n) is 2.86. The minimum atomic E-state index is -2.62. The quantitative estimate of drug-likeness (QED) is 0.379. The van der Waals surface area contributed by atoms with Crippen molar-refractivity contribution in [1.82, 2.24) is 0 Å². The van der Waals surface area contributed by atoms with Gasteiger partial charge < -0.3 is 14.7 Å². The molecule has 0 atom stereocenters. The second kappa shape index (κ2) is 9.41. The maximum atomic E-state index is 7.23. The zero-order valence-electron chi connectivity index (χ0n) is 6.59. The predicted molar refractivity (Wildman–Crippen MR) is 44.5 cm³/mol. The summed E-state index contributed by atoms with van der Waals surface area (Å²) < 4.78 is 0. The predicted octanol–water partition coefficient (Wildman–Crippen LogP) is 1.06. The van der Waals surface area contributed by atoms with Gasteiger partial charge in [0.25, 0.3) is 0 Å². The Morgan fingerprint density at radius 2 is 1.33 bits per heavy atom. The molecule has 0 unspecified atom stereocenters. The molecule has 0 saturated carbocycles. The first-order chi connectivity index (χ1) is 5.13.